The van der Waals surface area contributed by atoms with Crippen LogP contribution in [0.5, 0.6) is 0 Å². The molecule has 0 fully saturated rings. The van der Waals surface area contributed by atoms with Gasteiger partial charge in [-0.25, -0.2) is 0 Å². The lowest BCUT2D eigenvalue weighted by atomic mass is 9.91. The number of fused-ring (bicyclic) bond motifs is 9. The van der Waals surface area contributed by atoms with E-state index in [4.69, 9.17) is 0 Å². The van der Waals surface area contributed by atoms with Crippen LogP contribution in [0.25, 0.3) is 76.8 Å². The van der Waals surface area contributed by atoms with E-state index in [-0.39, 0.29) is 0 Å². The molecule has 0 spiro atoms. The number of rotatable bonds is 8. The third kappa shape index (κ3) is 6.90. The predicted molar refractivity (Wildman–Crippen MR) is 324 cm³/mol. The highest BCUT2D eigenvalue weighted by atomic mass is 28.3. The number of nitrogens with zero attached hydrogens (tertiary/aromatic N) is 2. The maximum atomic E-state index is 2.50. The molecule has 0 aliphatic carbocycles. The Balaban J connectivity index is 0.879. The lowest BCUT2D eigenvalue weighted by molar-refractivity contribution is 1.29. The van der Waals surface area contributed by atoms with Crippen LogP contribution in [-0.4, -0.2) is 16.1 Å². The van der Waals surface area contributed by atoms with Crippen molar-refractivity contribution in [3.05, 3.63) is 255 Å². The smallest absolute Gasteiger partial charge is 0.113 e. The molecule has 0 aromatic heterocycles. The largest absolute Gasteiger partial charge is 0.310 e. The Morgan fingerprint density at radius 1 is 0.257 bits per heavy atom. The molecule has 0 N–H and O–H groups in total. The van der Waals surface area contributed by atoms with Gasteiger partial charge in [0.25, 0.3) is 0 Å². The topological polar surface area (TPSA) is 6.48 Å². The van der Waals surface area contributed by atoms with Gasteiger partial charge in [0.2, 0.25) is 0 Å². The molecule has 2 nitrogen and oxygen atoms in total. The summed E-state index contributed by atoms with van der Waals surface area (Å²) in [5.74, 6) is 0. The van der Waals surface area contributed by atoms with E-state index < -0.39 is 16.1 Å². The molecule has 12 aromatic rings. The Morgan fingerprint density at radius 3 is 1.04 bits per heavy atom. The molecule has 0 saturated heterocycles. The molecule has 2 aliphatic heterocycles. The van der Waals surface area contributed by atoms with E-state index in [0.29, 0.717) is 0 Å². The minimum atomic E-state index is -1.91. The highest BCUT2D eigenvalue weighted by Crippen LogP contribution is 2.47. The second-order valence-electron chi connectivity index (χ2n) is 21.3. The van der Waals surface area contributed by atoms with Crippen LogP contribution in [0.15, 0.2) is 255 Å². The minimum absolute atomic E-state index is 1.13. The average molecular weight is 979 g/mol. The Hall–Kier alpha value is -8.55. The van der Waals surface area contributed by atoms with Gasteiger partial charge in [-0.05, 0) is 147 Å². The van der Waals surface area contributed by atoms with E-state index in [1.165, 1.54) is 109 Å². The molecule has 2 aliphatic rings. The zero-order chi connectivity index (χ0) is 49.7. The molecule has 0 bridgehead atoms. The molecule has 74 heavy (non-hydrogen) atoms. The summed E-state index contributed by atoms with van der Waals surface area (Å²) in [6, 6.07) is 95.5. The molecule has 352 valence electrons. The van der Waals surface area contributed by atoms with Crippen LogP contribution in [0.1, 0.15) is 0 Å². The zero-order valence-electron chi connectivity index (χ0n) is 42.1. The maximum absolute atomic E-state index is 2.50. The normalized spacial score (nSPS) is 13.6. The first-order valence-electron chi connectivity index (χ1n) is 26.0. The zero-order valence-corrected chi connectivity index (χ0v) is 44.1. The van der Waals surface area contributed by atoms with Crippen LogP contribution in [0.2, 0.25) is 26.2 Å². The van der Waals surface area contributed by atoms with Gasteiger partial charge >= 0.3 is 0 Å². The van der Waals surface area contributed by atoms with Gasteiger partial charge in [-0.1, -0.05) is 220 Å². The molecule has 0 amide bonds. The molecule has 14 rings (SSSR count). The third-order valence-corrected chi connectivity index (χ3v) is 23.5. The first-order valence-corrected chi connectivity index (χ1v) is 32.0. The van der Waals surface area contributed by atoms with Gasteiger partial charge in [-0.15, -0.1) is 0 Å². The van der Waals surface area contributed by atoms with Crippen molar-refractivity contribution in [2.24, 2.45) is 0 Å². The Labute approximate surface area is 436 Å². The van der Waals surface area contributed by atoms with Crippen LogP contribution in [0, 0.1) is 0 Å². The van der Waals surface area contributed by atoms with Gasteiger partial charge in [0.15, 0.2) is 0 Å². The monoisotopic (exact) mass is 978 g/mol. The predicted octanol–water partition coefficient (Wildman–Crippen LogP) is 17.0. The van der Waals surface area contributed by atoms with Crippen molar-refractivity contribution in [1.29, 1.82) is 0 Å². The molecular weight excluding hydrogens is 925 g/mol. The number of hydrogen-bond acceptors (Lipinski definition) is 2. The van der Waals surface area contributed by atoms with Crippen LogP contribution >= 0.6 is 0 Å². The van der Waals surface area contributed by atoms with Crippen LogP contribution in [0.3, 0.4) is 0 Å². The summed E-state index contributed by atoms with van der Waals surface area (Å²) < 4.78 is 0. The second-order valence-corrected chi connectivity index (χ2v) is 29.9. The van der Waals surface area contributed by atoms with Crippen molar-refractivity contribution in [3.63, 3.8) is 0 Å². The van der Waals surface area contributed by atoms with Crippen LogP contribution in [-0.2, 0) is 0 Å². The first kappa shape index (κ1) is 44.2. The molecule has 0 radical (unpaired) electrons. The second kappa shape index (κ2) is 17.0. The fraction of sp³-hybridized carbons (Fsp3) is 0.0571. The van der Waals surface area contributed by atoms with Gasteiger partial charge in [0, 0.05) is 33.9 Å². The van der Waals surface area contributed by atoms with Gasteiger partial charge < -0.3 is 9.80 Å². The summed E-state index contributed by atoms with van der Waals surface area (Å²) in [6.07, 6.45) is 0. The van der Waals surface area contributed by atoms with Gasteiger partial charge in [0.05, 0.1) is 11.4 Å². The lowest BCUT2D eigenvalue weighted by Crippen LogP contribution is -2.49. The van der Waals surface area contributed by atoms with E-state index in [1.54, 1.807) is 0 Å². The third-order valence-electron chi connectivity index (χ3n) is 16.4. The van der Waals surface area contributed by atoms with Crippen molar-refractivity contribution in [1.82, 2.24) is 0 Å². The van der Waals surface area contributed by atoms with Gasteiger partial charge in [-0.2, -0.15) is 0 Å². The Bertz CT molecular complexity index is 3940. The summed E-state index contributed by atoms with van der Waals surface area (Å²) in [4.78, 5) is 4.98. The highest BCUT2D eigenvalue weighted by Gasteiger charge is 2.41. The molecule has 0 atom stereocenters. The molecular formula is C70H54N2Si2. The summed E-state index contributed by atoms with van der Waals surface area (Å²) in [5.41, 5.74) is 17.3. The molecule has 4 heteroatoms. The Morgan fingerprint density at radius 2 is 0.595 bits per heavy atom. The van der Waals surface area contributed by atoms with Gasteiger partial charge in [-0.3, -0.25) is 0 Å². The number of benzene rings is 12. The molecule has 0 unspecified atom stereocenters. The number of anilines is 6. The summed E-state index contributed by atoms with van der Waals surface area (Å²) >= 11 is 0. The van der Waals surface area contributed by atoms with E-state index in [9.17, 15) is 0 Å². The fourth-order valence-corrected chi connectivity index (χ4v) is 18.9. The van der Waals surface area contributed by atoms with Crippen LogP contribution in [0.4, 0.5) is 34.1 Å². The van der Waals surface area contributed by atoms with Gasteiger partial charge in [0.1, 0.15) is 16.1 Å². The lowest BCUT2D eigenvalue weighted by Gasteiger charge is -2.29. The highest BCUT2D eigenvalue weighted by molar-refractivity contribution is 7.04. The van der Waals surface area contributed by atoms with E-state index in [0.717, 1.165) is 22.7 Å². The molecule has 12 aromatic carbocycles. The SMILES string of the molecule is C[Si]1(C)c2ccccc2-c2c(N(c3ccc(-c4cccc5cccc(-c6ccc(N(c7ccc8ccccc8c7)c7cccc8c7-c7ccccc7[Si]8(C)C)cc6)c45)cc3)c3ccc4ccccc4c3)cccc21. The quantitative estimate of drug-likeness (QED) is 0.140. The van der Waals surface area contributed by atoms with Crippen molar-refractivity contribution >= 4 is 103 Å². The van der Waals surface area contributed by atoms with E-state index in [1.807, 2.05) is 0 Å². The fourth-order valence-electron chi connectivity index (χ4n) is 12.7. The molecule has 0 saturated carbocycles. The average Bonchev–Trinajstić information content (AvgIpc) is 3.83. The minimum Gasteiger partial charge on any atom is -0.310 e. The summed E-state index contributed by atoms with van der Waals surface area (Å²) in [5, 5.41) is 13.4. The van der Waals surface area contributed by atoms with Crippen molar-refractivity contribution in [2.75, 3.05) is 9.80 Å². The summed E-state index contributed by atoms with van der Waals surface area (Å²) in [6.45, 7) is 10.0. The maximum Gasteiger partial charge on any atom is 0.113 e. The van der Waals surface area contributed by atoms with Crippen LogP contribution < -0.4 is 30.5 Å². The number of hydrogen-bond donors (Lipinski definition) is 0. The Kier molecular flexibility index (Phi) is 10.2. The van der Waals surface area contributed by atoms with Crippen molar-refractivity contribution < 1.29 is 0 Å². The van der Waals surface area contributed by atoms with E-state index >= 15 is 0 Å². The molecule has 2 heterocycles. The first-order chi connectivity index (χ1) is 36.2. The van der Waals surface area contributed by atoms with Crippen molar-refractivity contribution in [3.8, 4) is 44.5 Å². The standard InChI is InChI=1S/C70H54N2Si2/c1-73(2)64-29-11-9-23-60(64)69-62(27-15-31-66(69)73)71(56-43-33-47-17-5-7-19-52(47)45-56)54-39-35-49(36-40-54)58-25-13-21-51-22-14-26-59(68(51)58)50-37-41-55(42-38-50)72(57-44-34-48-18-6-8-20-53(48)46-57)63-28-16-32-67-70(63)61-24-10-12-30-65(61)74(67,3)4/h5-46H,1-4H3. The van der Waals surface area contributed by atoms with E-state index in [2.05, 4.69) is 291 Å². The van der Waals surface area contributed by atoms with Crippen molar-refractivity contribution in [2.45, 2.75) is 26.2 Å². The summed E-state index contributed by atoms with van der Waals surface area (Å²) in [7, 11) is -3.83.